The van der Waals surface area contributed by atoms with Gasteiger partial charge in [0.05, 0.1) is 13.2 Å². The molecule has 1 aliphatic rings. The third-order valence-electron chi connectivity index (χ3n) is 6.36. The number of rotatable bonds is 7. The Kier molecular flexibility index (Phi) is 6.15. The van der Waals surface area contributed by atoms with Crippen molar-refractivity contribution in [3.8, 4) is 0 Å². The van der Waals surface area contributed by atoms with Crippen LogP contribution in [0.25, 0.3) is 0 Å². The summed E-state index contributed by atoms with van der Waals surface area (Å²) in [5, 5.41) is 0. The number of likely N-dealkylation sites (N-methyl/N-ethyl adjacent to an activating group) is 1. The Morgan fingerprint density at radius 3 is 2.40 bits per heavy atom. The number of carbonyl (C=O) groups is 3. The van der Waals surface area contributed by atoms with Crippen LogP contribution in [0, 0.1) is 19.8 Å². The lowest BCUT2D eigenvalue weighted by Gasteiger charge is -2.27. The molecule has 1 saturated carbocycles. The number of benzene rings is 1. The summed E-state index contributed by atoms with van der Waals surface area (Å²) in [5.41, 5.74) is 3.32. The quantitative estimate of drug-likeness (QED) is 0.516. The zero-order chi connectivity index (χ0) is 22.2. The molecule has 0 N–H and O–H groups in total. The molecule has 0 saturated heterocycles. The van der Waals surface area contributed by atoms with Crippen molar-refractivity contribution in [3.05, 3.63) is 58.4 Å². The van der Waals surface area contributed by atoms with E-state index in [4.69, 9.17) is 4.74 Å². The fraction of sp³-hybridized carbons (Fsp3) is 0.458. The van der Waals surface area contributed by atoms with Crippen molar-refractivity contribution in [3.63, 3.8) is 0 Å². The van der Waals surface area contributed by atoms with Crippen molar-refractivity contribution < 1.29 is 19.1 Å². The SMILES string of the molecule is CCN(C(=O)[C@@H]1C[C@H]1c1ccccc1)[C@H](C)C(=O)c1c(C)c(C(=O)OC)n(C)c1C. The smallest absolute Gasteiger partial charge is 0.354 e. The molecule has 1 fully saturated rings. The Bertz CT molecular complexity index is 977. The topological polar surface area (TPSA) is 68.6 Å². The Balaban J connectivity index is 1.83. The van der Waals surface area contributed by atoms with Gasteiger partial charge in [0.15, 0.2) is 5.78 Å². The average Bonchev–Trinajstić information content (AvgIpc) is 3.51. The zero-order valence-corrected chi connectivity index (χ0v) is 18.6. The molecule has 0 spiro atoms. The number of amides is 1. The molecular formula is C24H30N2O4. The van der Waals surface area contributed by atoms with E-state index in [1.807, 2.05) is 44.2 Å². The molecule has 0 radical (unpaired) electrons. The fourth-order valence-corrected chi connectivity index (χ4v) is 4.45. The summed E-state index contributed by atoms with van der Waals surface area (Å²) < 4.78 is 6.56. The highest BCUT2D eigenvalue weighted by atomic mass is 16.5. The largest absolute Gasteiger partial charge is 0.464 e. The molecule has 6 nitrogen and oxygen atoms in total. The van der Waals surface area contributed by atoms with Crippen LogP contribution >= 0.6 is 0 Å². The number of methoxy groups -OCH3 is 1. The average molecular weight is 411 g/mol. The van der Waals surface area contributed by atoms with Gasteiger partial charge in [0.1, 0.15) is 5.69 Å². The van der Waals surface area contributed by atoms with Crippen LogP contribution in [0.15, 0.2) is 30.3 Å². The van der Waals surface area contributed by atoms with Crippen LogP contribution in [0.4, 0.5) is 0 Å². The lowest BCUT2D eigenvalue weighted by Crippen LogP contribution is -2.44. The lowest BCUT2D eigenvalue weighted by atomic mass is 9.99. The van der Waals surface area contributed by atoms with E-state index in [-0.39, 0.29) is 23.5 Å². The minimum absolute atomic E-state index is 0.0200. The molecule has 2 aromatic rings. The number of esters is 1. The summed E-state index contributed by atoms with van der Waals surface area (Å²) in [6.07, 6.45) is 0.816. The highest BCUT2D eigenvalue weighted by molar-refractivity contribution is 6.06. The fourth-order valence-electron chi connectivity index (χ4n) is 4.45. The molecular weight excluding hydrogens is 380 g/mol. The second-order valence-electron chi connectivity index (χ2n) is 8.01. The van der Waals surface area contributed by atoms with Crippen LogP contribution in [-0.4, -0.2) is 46.8 Å². The summed E-state index contributed by atoms with van der Waals surface area (Å²) in [6.45, 7) is 7.69. The molecule has 160 valence electrons. The second kappa shape index (κ2) is 8.46. The normalized spacial score (nSPS) is 18.6. The lowest BCUT2D eigenvalue weighted by molar-refractivity contribution is -0.133. The van der Waals surface area contributed by atoms with Gasteiger partial charge in [-0.3, -0.25) is 9.59 Å². The third kappa shape index (κ3) is 3.66. The maximum Gasteiger partial charge on any atom is 0.354 e. The van der Waals surface area contributed by atoms with Crippen molar-refractivity contribution in [1.29, 1.82) is 0 Å². The maximum absolute atomic E-state index is 13.4. The minimum atomic E-state index is -0.607. The Morgan fingerprint density at radius 1 is 1.20 bits per heavy atom. The zero-order valence-electron chi connectivity index (χ0n) is 18.6. The first kappa shape index (κ1) is 21.8. The molecule has 1 aromatic heterocycles. The van der Waals surface area contributed by atoms with Gasteiger partial charge >= 0.3 is 5.97 Å². The standard InChI is InChI=1S/C24H30N2O4/c1-7-26(23(28)19-13-18(19)17-11-9-8-10-12-17)16(4)22(27)20-14(2)21(24(29)30-6)25(5)15(20)3/h8-12,16,18-19H,7,13H2,1-6H3/t16-,18+,19-/m1/s1. The molecule has 3 atom stereocenters. The molecule has 1 heterocycles. The highest BCUT2D eigenvalue weighted by Gasteiger charge is 2.47. The molecule has 30 heavy (non-hydrogen) atoms. The van der Waals surface area contributed by atoms with E-state index < -0.39 is 12.0 Å². The van der Waals surface area contributed by atoms with Crippen molar-refractivity contribution >= 4 is 17.7 Å². The summed E-state index contributed by atoms with van der Waals surface area (Å²) in [6, 6.07) is 9.43. The van der Waals surface area contributed by atoms with Crippen LogP contribution in [0.1, 0.15) is 63.9 Å². The molecule has 3 rings (SSSR count). The predicted octanol–water partition coefficient (Wildman–Crippen LogP) is 3.65. The molecule has 1 amide bonds. The number of aromatic nitrogens is 1. The summed E-state index contributed by atoms with van der Waals surface area (Å²) in [7, 11) is 3.07. The third-order valence-corrected chi connectivity index (χ3v) is 6.36. The summed E-state index contributed by atoms with van der Waals surface area (Å²) >= 11 is 0. The Morgan fingerprint density at radius 2 is 1.83 bits per heavy atom. The number of hydrogen-bond acceptors (Lipinski definition) is 4. The first-order chi connectivity index (χ1) is 14.2. The first-order valence-corrected chi connectivity index (χ1v) is 10.4. The van der Waals surface area contributed by atoms with E-state index in [1.165, 1.54) is 12.7 Å². The number of Topliss-reactive ketones (excluding diaryl/α,β-unsaturated/α-hetero) is 1. The van der Waals surface area contributed by atoms with E-state index in [2.05, 4.69) is 0 Å². The van der Waals surface area contributed by atoms with E-state index >= 15 is 0 Å². The number of carbonyl (C=O) groups excluding carboxylic acids is 3. The Hall–Kier alpha value is -2.89. The van der Waals surface area contributed by atoms with Crippen LogP contribution in [-0.2, 0) is 16.6 Å². The van der Waals surface area contributed by atoms with Crippen molar-refractivity contribution in [2.24, 2.45) is 13.0 Å². The first-order valence-electron chi connectivity index (χ1n) is 10.4. The van der Waals surface area contributed by atoms with Gasteiger partial charge in [-0.2, -0.15) is 0 Å². The van der Waals surface area contributed by atoms with Gasteiger partial charge in [0.2, 0.25) is 5.91 Å². The number of ether oxygens (including phenoxy) is 1. The van der Waals surface area contributed by atoms with E-state index in [1.54, 1.807) is 30.4 Å². The number of hydrogen-bond donors (Lipinski definition) is 0. The van der Waals surface area contributed by atoms with Crippen LogP contribution < -0.4 is 0 Å². The second-order valence-corrected chi connectivity index (χ2v) is 8.01. The van der Waals surface area contributed by atoms with Crippen molar-refractivity contribution in [1.82, 2.24) is 9.47 Å². The Labute approximate surface area is 177 Å². The monoisotopic (exact) mass is 410 g/mol. The van der Waals surface area contributed by atoms with Gasteiger partial charge in [-0.15, -0.1) is 0 Å². The maximum atomic E-state index is 13.4. The molecule has 1 aromatic carbocycles. The van der Waals surface area contributed by atoms with Crippen molar-refractivity contribution in [2.45, 2.75) is 46.1 Å². The van der Waals surface area contributed by atoms with Gasteiger partial charge in [-0.1, -0.05) is 30.3 Å². The van der Waals surface area contributed by atoms with Gasteiger partial charge in [0, 0.05) is 30.8 Å². The van der Waals surface area contributed by atoms with Gasteiger partial charge in [-0.25, -0.2) is 4.79 Å². The molecule has 0 aliphatic heterocycles. The summed E-state index contributed by atoms with van der Waals surface area (Å²) in [5.74, 6) is -0.459. The highest BCUT2D eigenvalue weighted by Crippen LogP contribution is 2.48. The minimum Gasteiger partial charge on any atom is -0.464 e. The molecule has 6 heteroatoms. The van der Waals surface area contributed by atoms with Gasteiger partial charge in [0.25, 0.3) is 0 Å². The molecule has 0 bridgehead atoms. The van der Waals surface area contributed by atoms with Crippen LogP contribution in [0.5, 0.6) is 0 Å². The van der Waals surface area contributed by atoms with E-state index in [0.717, 1.165) is 6.42 Å². The molecule has 1 aliphatic carbocycles. The van der Waals surface area contributed by atoms with Crippen LogP contribution in [0.3, 0.4) is 0 Å². The summed E-state index contributed by atoms with van der Waals surface area (Å²) in [4.78, 5) is 40.4. The van der Waals surface area contributed by atoms with E-state index in [9.17, 15) is 14.4 Å². The van der Waals surface area contributed by atoms with Crippen LogP contribution in [0.2, 0.25) is 0 Å². The predicted molar refractivity (Wildman–Crippen MR) is 115 cm³/mol. The number of nitrogens with zero attached hydrogens (tertiary/aromatic N) is 2. The number of ketones is 1. The van der Waals surface area contributed by atoms with E-state index in [0.29, 0.717) is 29.1 Å². The van der Waals surface area contributed by atoms with Crippen molar-refractivity contribution in [2.75, 3.05) is 13.7 Å². The molecule has 0 unspecified atom stereocenters. The van der Waals surface area contributed by atoms with Gasteiger partial charge in [-0.05, 0) is 51.2 Å². The van der Waals surface area contributed by atoms with Gasteiger partial charge < -0.3 is 14.2 Å².